The van der Waals surface area contributed by atoms with E-state index in [0.717, 1.165) is 81.0 Å². The maximum atomic E-state index is 11.6. The molecule has 1 aromatic heterocycles. The number of imidazole rings is 1. The molecule has 2 aliphatic rings. The number of carbonyl (C=O) groups is 1. The average molecular weight is 439 g/mol. The van der Waals surface area contributed by atoms with Crippen molar-refractivity contribution in [3.8, 4) is 0 Å². The Bertz CT molecular complexity index is 1090. The van der Waals surface area contributed by atoms with Crippen molar-refractivity contribution >= 4 is 23.0 Å². The Hall–Kier alpha value is -2.26. The largest absolute Gasteiger partial charge is 1.00 e. The smallest absolute Gasteiger partial charge is 0.550 e. The fourth-order valence-corrected chi connectivity index (χ4v) is 5.33. The van der Waals surface area contributed by atoms with Gasteiger partial charge in [0, 0.05) is 38.1 Å². The fourth-order valence-electron chi connectivity index (χ4n) is 5.33. The summed E-state index contributed by atoms with van der Waals surface area (Å²) < 4.78 is 2.32. The molecule has 0 N–H and O–H groups in total. The first-order chi connectivity index (χ1) is 15.6. The van der Waals surface area contributed by atoms with Gasteiger partial charge in [0.1, 0.15) is 0 Å². The van der Waals surface area contributed by atoms with Crippen LogP contribution in [0.2, 0.25) is 0 Å². The van der Waals surface area contributed by atoms with E-state index >= 15 is 0 Å². The Labute approximate surface area is 207 Å². The first-order valence-electron chi connectivity index (χ1n) is 11.8. The van der Waals surface area contributed by atoms with Gasteiger partial charge >= 0.3 is 18.9 Å². The molecule has 1 aliphatic heterocycles. The summed E-state index contributed by atoms with van der Waals surface area (Å²) >= 11 is 0. The zero-order valence-corrected chi connectivity index (χ0v) is 19.7. The van der Waals surface area contributed by atoms with Crippen LogP contribution in [0, 0.1) is 5.92 Å². The number of rotatable bonds is 5. The van der Waals surface area contributed by atoms with Crippen molar-refractivity contribution in [2.45, 2.75) is 38.1 Å². The second kappa shape index (κ2) is 10.3. The minimum absolute atomic E-state index is 0. The van der Waals surface area contributed by atoms with E-state index < -0.39 is 5.97 Å². The summed E-state index contributed by atoms with van der Waals surface area (Å²) in [7, 11) is 2.17. The number of hydrogen-bond acceptors (Lipinski definition) is 5. The van der Waals surface area contributed by atoms with E-state index in [1.807, 2.05) is 6.07 Å². The number of carbonyl (C=O) groups excluding carboxylic acids is 1. The van der Waals surface area contributed by atoms with Crippen LogP contribution in [0.5, 0.6) is 0 Å². The van der Waals surface area contributed by atoms with Gasteiger partial charge in [0.2, 0.25) is 5.95 Å². The van der Waals surface area contributed by atoms with Crippen LogP contribution in [-0.4, -0.2) is 53.6 Å². The first kappa shape index (κ1) is 23.9. The summed E-state index contributed by atoms with van der Waals surface area (Å²) in [5, 5.41) is 11.6. The number of carboxylic acid groups (broad SMARTS) is 1. The molecular formula is C26H31LiN4O2. The summed E-state index contributed by atoms with van der Waals surface area (Å²) in [6.07, 6.45) is 3.73. The van der Waals surface area contributed by atoms with Crippen molar-refractivity contribution in [2.75, 3.05) is 38.1 Å². The molecular weight excluding hydrogens is 407 g/mol. The second-order valence-corrected chi connectivity index (χ2v) is 9.34. The van der Waals surface area contributed by atoms with Crippen molar-refractivity contribution in [3.05, 3.63) is 59.7 Å². The van der Waals surface area contributed by atoms with Crippen molar-refractivity contribution in [1.82, 2.24) is 14.5 Å². The van der Waals surface area contributed by atoms with E-state index in [0.29, 0.717) is 0 Å². The molecule has 3 aromatic rings. The Morgan fingerprint density at radius 3 is 2.42 bits per heavy atom. The normalized spacial score (nSPS) is 21.7. The third-order valence-electron chi connectivity index (χ3n) is 7.24. The number of anilines is 1. The van der Waals surface area contributed by atoms with Crippen LogP contribution in [0.3, 0.4) is 0 Å². The SMILES string of the molecule is CN1CCN(c2nc3ccccc3n2Cc2ccc([C@@H]3CCCC[C@H]3C(=O)[O-])cc2)CC1.[Li+]. The van der Waals surface area contributed by atoms with Gasteiger partial charge in [0.25, 0.3) is 0 Å². The number of fused-ring (bicyclic) bond motifs is 1. The van der Waals surface area contributed by atoms with E-state index in [1.54, 1.807) is 0 Å². The van der Waals surface area contributed by atoms with Crippen LogP contribution in [0.4, 0.5) is 5.95 Å². The molecule has 2 aromatic carbocycles. The number of likely N-dealkylation sites (N-methyl/N-ethyl adjacent to an activating group) is 1. The molecule has 168 valence electrons. The maximum Gasteiger partial charge on any atom is 1.00 e. The quantitative estimate of drug-likeness (QED) is 0.519. The van der Waals surface area contributed by atoms with E-state index in [4.69, 9.17) is 4.98 Å². The predicted molar refractivity (Wildman–Crippen MR) is 125 cm³/mol. The minimum atomic E-state index is -0.902. The zero-order valence-electron chi connectivity index (χ0n) is 19.7. The maximum absolute atomic E-state index is 11.6. The molecule has 0 radical (unpaired) electrons. The molecule has 1 saturated carbocycles. The molecule has 0 spiro atoms. The van der Waals surface area contributed by atoms with Gasteiger partial charge in [0.05, 0.1) is 17.6 Å². The summed E-state index contributed by atoms with van der Waals surface area (Å²) in [5.41, 5.74) is 4.50. The standard InChI is InChI=1S/C26H32N4O2.Li/c1-28-14-16-29(17-15-28)26-27-23-8-4-5-9-24(23)30(26)18-19-10-12-20(13-11-19)21-6-2-3-7-22(21)25(31)32;/h4-5,8-13,21-22H,2-3,6-7,14-18H2,1H3,(H,31,32);/q;+1/p-1/t21-,22+;/m0./s1. The Balaban J connectivity index is 0.00000259. The van der Waals surface area contributed by atoms with Crippen LogP contribution >= 0.6 is 0 Å². The minimum Gasteiger partial charge on any atom is -0.550 e. The van der Waals surface area contributed by atoms with Crippen LogP contribution in [-0.2, 0) is 11.3 Å². The van der Waals surface area contributed by atoms with E-state index in [9.17, 15) is 9.90 Å². The van der Waals surface area contributed by atoms with Gasteiger partial charge in [-0.1, -0.05) is 49.2 Å². The van der Waals surface area contributed by atoms with Crippen LogP contribution in [0.1, 0.15) is 42.7 Å². The molecule has 2 fully saturated rings. The Morgan fingerprint density at radius 2 is 1.70 bits per heavy atom. The number of aromatic nitrogens is 2. The second-order valence-electron chi connectivity index (χ2n) is 9.34. The van der Waals surface area contributed by atoms with Gasteiger partial charge in [-0.25, -0.2) is 4.98 Å². The van der Waals surface area contributed by atoms with Crippen LogP contribution in [0.15, 0.2) is 48.5 Å². The van der Waals surface area contributed by atoms with Crippen LogP contribution in [0.25, 0.3) is 11.0 Å². The average Bonchev–Trinajstić information content (AvgIpc) is 3.18. The molecule has 5 rings (SSSR count). The third kappa shape index (κ3) is 4.99. The molecule has 2 atom stereocenters. The fraction of sp³-hybridized carbons (Fsp3) is 0.462. The number of hydrogen-bond donors (Lipinski definition) is 0. The van der Waals surface area contributed by atoms with Crippen LogP contribution < -0.4 is 28.9 Å². The van der Waals surface area contributed by atoms with Crippen molar-refractivity contribution in [3.63, 3.8) is 0 Å². The summed E-state index contributed by atoms with van der Waals surface area (Å²) in [4.78, 5) is 21.3. The third-order valence-corrected chi connectivity index (χ3v) is 7.24. The van der Waals surface area contributed by atoms with Gasteiger partial charge in [-0.05, 0) is 49.1 Å². The summed E-state index contributed by atoms with van der Waals surface area (Å²) in [6.45, 7) is 4.78. The number of aliphatic carboxylic acids is 1. The molecule has 0 unspecified atom stereocenters. The Kier molecular flexibility index (Phi) is 7.48. The zero-order chi connectivity index (χ0) is 22.1. The molecule has 2 heterocycles. The van der Waals surface area contributed by atoms with E-state index in [2.05, 4.69) is 63.9 Å². The number of benzene rings is 2. The van der Waals surface area contributed by atoms with Gasteiger partial charge in [-0.2, -0.15) is 0 Å². The topological polar surface area (TPSA) is 64.4 Å². The van der Waals surface area contributed by atoms with Gasteiger partial charge < -0.3 is 24.3 Å². The van der Waals surface area contributed by atoms with Crippen molar-refractivity contribution < 1.29 is 28.8 Å². The monoisotopic (exact) mass is 438 g/mol. The van der Waals surface area contributed by atoms with Crippen molar-refractivity contribution in [1.29, 1.82) is 0 Å². The van der Waals surface area contributed by atoms with Crippen molar-refractivity contribution in [2.24, 2.45) is 5.92 Å². The molecule has 0 amide bonds. The van der Waals surface area contributed by atoms with Gasteiger partial charge in [0.15, 0.2) is 0 Å². The first-order valence-corrected chi connectivity index (χ1v) is 11.8. The summed E-state index contributed by atoms with van der Waals surface area (Å²) in [6, 6.07) is 16.9. The number of carboxylic acids is 1. The molecule has 7 heteroatoms. The van der Waals surface area contributed by atoms with E-state index in [1.165, 1.54) is 5.56 Å². The number of para-hydroxylation sites is 2. The molecule has 0 bridgehead atoms. The van der Waals surface area contributed by atoms with Gasteiger partial charge in [-0.15, -0.1) is 0 Å². The Morgan fingerprint density at radius 1 is 1.00 bits per heavy atom. The molecule has 1 saturated heterocycles. The number of piperazine rings is 1. The molecule has 6 nitrogen and oxygen atoms in total. The van der Waals surface area contributed by atoms with E-state index in [-0.39, 0.29) is 30.7 Å². The number of nitrogens with zero attached hydrogens (tertiary/aromatic N) is 4. The predicted octanol–water partition coefficient (Wildman–Crippen LogP) is -0.136. The summed E-state index contributed by atoms with van der Waals surface area (Å²) in [5.74, 6) is -0.165. The molecule has 1 aliphatic carbocycles. The molecule has 33 heavy (non-hydrogen) atoms. The van der Waals surface area contributed by atoms with Gasteiger partial charge in [-0.3, -0.25) is 0 Å².